The molecule has 0 bridgehead atoms. The molecule has 6 nitrogen and oxygen atoms in total. The van der Waals surface area contributed by atoms with E-state index >= 15 is 0 Å². The fourth-order valence-corrected chi connectivity index (χ4v) is 7.13. The molecule has 0 saturated carbocycles. The number of aryl methyl sites for hydroxylation is 3. The number of carbonyl (C=O) groups excluding carboxylic acids is 1. The Balaban J connectivity index is 1.40. The van der Waals surface area contributed by atoms with Crippen molar-refractivity contribution in [3.63, 3.8) is 0 Å². The molecule has 39 heavy (non-hydrogen) atoms. The molecule has 1 atom stereocenters. The summed E-state index contributed by atoms with van der Waals surface area (Å²) in [6.07, 6.45) is 6.11. The third kappa shape index (κ3) is 5.33. The number of benzene rings is 3. The molecular weight excluding hydrogens is 508 g/mol. The van der Waals surface area contributed by atoms with Crippen LogP contribution < -0.4 is 4.74 Å². The van der Waals surface area contributed by atoms with Crippen molar-refractivity contribution in [1.29, 1.82) is 0 Å². The van der Waals surface area contributed by atoms with Crippen LogP contribution in [-0.4, -0.2) is 42.9 Å². The first kappa shape index (κ1) is 27.0. The van der Waals surface area contributed by atoms with Crippen LogP contribution in [0.2, 0.25) is 0 Å². The first-order valence-corrected chi connectivity index (χ1v) is 15.1. The molecule has 1 amide bonds. The van der Waals surface area contributed by atoms with E-state index in [1.165, 1.54) is 9.54 Å². The Morgan fingerprint density at radius 1 is 1.05 bits per heavy atom. The van der Waals surface area contributed by atoms with E-state index in [0.717, 1.165) is 53.5 Å². The van der Waals surface area contributed by atoms with Gasteiger partial charge in [0.15, 0.2) is 0 Å². The molecule has 1 aromatic heterocycles. The number of amides is 1. The maximum Gasteiger partial charge on any atom is 0.268 e. The zero-order valence-electron chi connectivity index (χ0n) is 22.9. The highest BCUT2D eigenvalue weighted by atomic mass is 32.2. The van der Waals surface area contributed by atoms with Crippen LogP contribution in [0.3, 0.4) is 0 Å². The fourth-order valence-electron chi connectivity index (χ4n) is 5.78. The summed E-state index contributed by atoms with van der Waals surface area (Å²) < 4.78 is 33.8. The van der Waals surface area contributed by atoms with Crippen LogP contribution in [-0.2, 0) is 34.1 Å². The van der Waals surface area contributed by atoms with Crippen LogP contribution >= 0.6 is 0 Å². The quantitative estimate of drug-likeness (QED) is 0.262. The number of para-hydroxylation sites is 1. The molecule has 1 unspecified atom stereocenters. The summed E-state index contributed by atoms with van der Waals surface area (Å²) in [5.41, 5.74) is 5.12. The van der Waals surface area contributed by atoms with Crippen LogP contribution in [0.5, 0.6) is 5.75 Å². The van der Waals surface area contributed by atoms with Crippen LogP contribution in [0.4, 0.5) is 0 Å². The van der Waals surface area contributed by atoms with Crippen molar-refractivity contribution in [2.24, 2.45) is 0 Å². The second-order valence-electron chi connectivity index (χ2n) is 10.4. The molecule has 3 aromatic carbocycles. The van der Waals surface area contributed by atoms with Crippen LogP contribution in [0.25, 0.3) is 10.9 Å². The molecule has 204 valence electrons. The van der Waals surface area contributed by atoms with Crippen molar-refractivity contribution >= 4 is 26.8 Å². The van der Waals surface area contributed by atoms with Gasteiger partial charge < -0.3 is 9.64 Å². The zero-order valence-corrected chi connectivity index (χ0v) is 23.7. The number of ether oxygens (including phenoxy) is 1. The summed E-state index contributed by atoms with van der Waals surface area (Å²) >= 11 is 0. The molecular formula is C32H36N2O4S. The van der Waals surface area contributed by atoms with Crippen molar-refractivity contribution in [2.75, 3.05) is 13.7 Å². The predicted molar refractivity (Wildman–Crippen MR) is 155 cm³/mol. The van der Waals surface area contributed by atoms with Gasteiger partial charge in [0.1, 0.15) is 5.75 Å². The average molecular weight is 545 g/mol. The highest BCUT2D eigenvalue weighted by Crippen LogP contribution is 2.33. The van der Waals surface area contributed by atoms with Gasteiger partial charge >= 0.3 is 0 Å². The molecule has 0 N–H and O–H groups in total. The van der Waals surface area contributed by atoms with E-state index < -0.39 is 10.0 Å². The predicted octanol–water partition coefficient (Wildman–Crippen LogP) is 5.92. The van der Waals surface area contributed by atoms with Crippen molar-refractivity contribution in [1.82, 2.24) is 8.87 Å². The Kier molecular flexibility index (Phi) is 7.80. The highest BCUT2D eigenvalue weighted by molar-refractivity contribution is 7.90. The van der Waals surface area contributed by atoms with Gasteiger partial charge in [0.2, 0.25) is 5.91 Å². The summed E-state index contributed by atoms with van der Waals surface area (Å²) in [4.78, 5) is 15.8. The highest BCUT2D eigenvalue weighted by Gasteiger charge is 2.29. The second kappa shape index (κ2) is 11.3. The van der Waals surface area contributed by atoms with E-state index in [4.69, 9.17) is 4.74 Å². The van der Waals surface area contributed by atoms with Crippen LogP contribution in [0.1, 0.15) is 48.4 Å². The molecule has 0 fully saturated rings. The van der Waals surface area contributed by atoms with Gasteiger partial charge in [-0.2, -0.15) is 0 Å². The Bertz CT molecular complexity index is 1590. The number of carbonyl (C=O) groups is 1. The number of hydrogen-bond donors (Lipinski definition) is 0. The van der Waals surface area contributed by atoms with Gasteiger partial charge in [-0.05, 0) is 86.1 Å². The summed E-state index contributed by atoms with van der Waals surface area (Å²) in [6, 6.07) is 20.8. The lowest BCUT2D eigenvalue weighted by molar-refractivity contribution is -0.133. The standard InChI is InChI=1S/C32H36N2O4S/c1-4-20-33(32(35)18-13-25-7-5-6-8-31(25)38-3)26-14-11-24-12-17-30-28(29(24)22-26)19-21-34(30)39(36,37)27-15-9-23(2)10-16-27/h5-10,12,15-17,19,21,26H,4,11,13-14,18,20,22H2,1-3H3. The van der Waals surface area contributed by atoms with E-state index in [1.807, 2.05) is 55.5 Å². The molecule has 0 radical (unpaired) electrons. The molecule has 4 aromatic rings. The largest absolute Gasteiger partial charge is 0.496 e. The number of fused-ring (bicyclic) bond motifs is 3. The Hall–Kier alpha value is -3.58. The third-order valence-electron chi connectivity index (χ3n) is 7.84. The van der Waals surface area contributed by atoms with Crippen molar-refractivity contribution in [3.05, 3.63) is 95.2 Å². The molecule has 1 heterocycles. The summed E-state index contributed by atoms with van der Waals surface area (Å²) in [7, 11) is -2.06. The fraction of sp³-hybridized carbons (Fsp3) is 0.344. The van der Waals surface area contributed by atoms with Gasteiger partial charge in [-0.3, -0.25) is 4.79 Å². The van der Waals surface area contributed by atoms with E-state index in [9.17, 15) is 13.2 Å². The topological polar surface area (TPSA) is 68.6 Å². The first-order valence-electron chi connectivity index (χ1n) is 13.7. The smallest absolute Gasteiger partial charge is 0.268 e. The van der Waals surface area contributed by atoms with Gasteiger partial charge in [0.25, 0.3) is 10.0 Å². The molecule has 1 aliphatic rings. The second-order valence-corrected chi connectivity index (χ2v) is 12.2. The molecule has 0 aliphatic heterocycles. The first-order chi connectivity index (χ1) is 18.8. The summed E-state index contributed by atoms with van der Waals surface area (Å²) in [5.74, 6) is 0.967. The minimum Gasteiger partial charge on any atom is -0.496 e. The molecule has 1 aliphatic carbocycles. The minimum absolute atomic E-state index is 0.0882. The molecule has 5 rings (SSSR count). The van der Waals surface area contributed by atoms with Gasteiger partial charge in [0, 0.05) is 30.6 Å². The lowest BCUT2D eigenvalue weighted by Crippen LogP contribution is -2.44. The molecule has 7 heteroatoms. The number of rotatable bonds is 9. The third-order valence-corrected chi connectivity index (χ3v) is 9.54. The molecule has 0 spiro atoms. The lowest BCUT2D eigenvalue weighted by atomic mass is 9.85. The number of aromatic nitrogens is 1. The van der Waals surface area contributed by atoms with Crippen molar-refractivity contribution < 1.29 is 17.9 Å². The van der Waals surface area contributed by atoms with Gasteiger partial charge in [0.05, 0.1) is 17.5 Å². The lowest BCUT2D eigenvalue weighted by Gasteiger charge is -2.35. The Labute approximate surface area is 231 Å². The SMILES string of the molecule is CCCN(C(=O)CCc1ccccc1OC)C1CCc2ccc3c(ccn3S(=O)(=O)c3ccc(C)cc3)c2C1. The van der Waals surface area contributed by atoms with Crippen LogP contribution in [0.15, 0.2) is 77.8 Å². The van der Waals surface area contributed by atoms with Crippen molar-refractivity contribution in [3.8, 4) is 5.75 Å². The maximum absolute atomic E-state index is 13.5. The van der Waals surface area contributed by atoms with Gasteiger partial charge in [-0.15, -0.1) is 0 Å². The molecule has 0 saturated heterocycles. The maximum atomic E-state index is 13.5. The zero-order chi connectivity index (χ0) is 27.6. The number of hydrogen-bond acceptors (Lipinski definition) is 4. The Morgan fingerprint density at radius 2 is 1.82 bits per heavy atom. The van der Waals surface area contributed by atoms with Crippen LogP contribution in [0, 0.1) is 6.92 Å². The summed E-state index contributed by atoms with van der Waals surface area (Å²) in [6.45, 7) is 4.75. The Morgan fingerprint density at radius 3 is 2.56 bits per heavy atom. The minimum atomic E-state index is -3.72. The number of nitrogens with zero attached hydrogens (tertiary/aromatic N) is 2. The van der Waals surface area contributed by atoms with E-state index in [1.54, 1.807) is 25.4 Å². The average Bonchev–Trinajstić information content (AvgIpc) is 3.40. The van der Waals surface area contributed by atoms with Crippen molar-refractivity contribution in [2.45, 2.75) is 63.3 Å². The normalized spacial score (nSPS) is 15.2. The van der Waals surface area contributed by atoms with E-state index in [2.05, 4.69) is 17.9 Å². The number of methoxy groups -OCH3 is 1. The van der Waals surface area contributed by atoms with E-state index in [0.29, 0.717) is 24.9 Å². The summed E-state index contributed by atoms with van der Waals surface area (Å²) in [5, 5.41) is 0.950. The van der Waals surface area contributed by atoms with Gasteiger partial charge in [-0.1, -0.05) is 48.9 Å². The monoisotopic (exact) mass is 544 g/mol. The van der Waals surface area contributed by atoms with E-state index in [-0.39, 0.29) is 16.8 Å². The van der Waals surface area contributed by atoms with Gasteiger partial charge in [-0.25, -0.2) is 12.4 Å².